The first-order chi connectivity index (χ1) is 18.9. The summed E-state index contributed by atoms with van der Waals surface area (Å²) >= 11 is 0. The highest BCUT2D eigenvalue weighted by Crippen LogP contribution is 2.32. The second-order valence-electron chi connectivity index (χ2n) is 11.0. The van der Waals surface area contributed by atoms with E-state index >= 15 is 0 Å². The molecule has 2 aliphatic rings. The number of aliphatic hydroxyl groups is 1. The summed E-state index contributed by atoms with van der Waals surface area (Å²) in [5, 5.41) is 14.5. The maximum absolute atomic E-state index is 13.9. The zero-order chi connectivity index (χ0) is 27.4. The molecule has 39 heavy (non-hydrogen) atoms. The van der Waals surface area contributed by atoms with Crippen molar-refractivity contribution in [2.75, 3.05) is 11.4 Å². The molecule has 6 nitrogen and oxygen atoms in total. The molecule has 1 heterocycles. The van der Waals surface area contributed by atoms with Crippen molar-refractivity contribution in [3.63, 3.8) is 0 Å². The molecular weight excluding hydrogens is 495 g/mol. The van der Waals surface area contributed by atoms with E-state index in [0.717, 1.165) is 36.0 Å². The van der Waals surface area contributed by atoms with Gasteiger partial charge in [0.15, 0.2) is 6.10 Å². The molecule has 2 N–H and O–H groups in total. The second-order valence-corrected chi connectivity index (χ2v) is 11.0. The fourth-order valence-electron chi connectivity index (χ4n) is 5.94. The summed E-state index contributed by atoms with van der Waals surface area (Å²) in [5.41, 5.74) is 3.83. The summed E-state index contributed by atoms with van der Waals surface area (Å²) in [6, 6.07) is 23.3. The predicted octanol–water partition coefficient (Wildman–Crippen LogP) is 5.07. The zero-order valence-electron chi connectivity index (χ0n) is 22.1. The van der Waals surface area contributed by atoms with Crippen LogP contribution in [-0.4, -0.2) is 41.9 Å². The van der Waals surface area contributed by atoms with Crippen LogP contribution in [0.3, 0.4) is 0 Å². The first kappa shape index (κ1) is 26.9. The molecule has 0 radical (unpaired) electrons. The van der Waals surface area contributed by atoms with E-state index in [1.807, 2.05) is 54.6 Å². The number of carbonyl (C=O) groups is 2. The smallest absolute Gasteiger partial charge is 0.415 e. The molecule has 5 atom stereocenters. The highest BCUT2D eigenvalue weighted by atomic mass is 19.1. The molecule has 2 unspecified atom stereocenters. The topological polar surface area (TPSA) is 78.9 Å². The fraction of sp³-hybridized carbons (Fsp3) is 0.375. The van der Waals surface area contributed by atoms with Gasteiger partial charge in [-0.25, -0.2) is 9.18 Å². The minimum absolute atomic E-state index is 0.107. The van der Waals surface area contributed by atoms with Gasteiger partial charge in [0.1, 0.15) is 5.82 Å². The van der Waals surface area contributed by atoms with E-state index in [0.29, 0.717) is 24.4 Å². The average Bonchev–Trinajstić information content (AvgIpc) is 3.24. The number of para-hydroxylation sites is 1. The lowest BCUT2D eigenvalue weighted by atomic mass is 9.86. The van der Waals surface area contributed by atoms with Crippen LogP contribution in [0.2, 0.25) is 0 Å². The molecule has 3 aromatic rings. The van der Waals surface area contributed by atoms with E-state index in [9.17, 15) is 19.1 Å². The molecule has 0 bridgehead atoms. The van der Waals surface area contributed by atoms with Crippen LogP contribution in [0, 0.1) is 17.7 Å². The number of nitrogens with one attached hydrogen (secondary N) is 1. The van der Waals surface area contributed by atoms with Gasteiger partial charge in [-0.3, -0.25) is 9.69 Å². The quantitative estimate of drug-likeness (QED) is 0.399. The first-order valence-corrected chi connectivity index (χ1v) is 13.7. The van der Waals surface area contributed by atoms with Crippen LogP contribution >= 0.6 is 0 Å². The molecule has 1 saturated heterocycles. The Morgan fingerprint density at radius 2 is 1.77 bits per heavy atom. The maximum atomic E-state index is 13.9. The number of hydrogen-bond donors (Lipinski definition) is 2. The number of carbonyl (C=O) groups excluding carboxylic acids is 2. The van der Waals surface area contributed by atoms with Crippen molar-refractivity contribution >= 4 is 17.7 Å². The number of ether oxygens (including phenoxy) is 1. The summed E-state index contributed by atoms with van der Waals surface area (Å²) in [6.45, 7) is 2.27. The number of cyclic esters (lactones) is 1. The van der Waals surface area contributed by atoms with Gasteiger partial charge in [-0.05, 0) is 84.9 Å². The lowest BCUT2D eigenvalue weighted by Crippen LogP contribution is -2.50. The minimum atomic E-state index is -0.970. The van der Waals surface area contributed by atoms with Crippen molar-refractivity contribution in [3.8, 4) is 0 Å². The van der Waals surface area contributed by atoms with Crippen LogP contribution in [0.1, 0.15) is 36.5 Å². The van der Waals surface area contributed by atoms with Crippen LogP contribution in [0.5, 0.6) is 0 Å². The van der Waals surface area contributed by atoms with Crippen molar-refractivity contribution in [2.24, 2.45) is 11.8 Å². The summed E-state index contributed by atoms with van der Waals surface area (Å²) < 4.78 is 19.3. The third kappa shape index (κ3) is 6.66. The number of fused-ring (bicyclic) bond motifs is 1. The van der Waals surface area contributed by atoms with E-state index in [-0.39, 0.29) is 18.3 Å². The van der Waals surface area contributed by atoms with Crippen molar-refractivity contribution in [2.45, 2.75) is 57.3 Å². The van der Waals surface area contributed by atoms with Gasteiger partial charge in [-0.15, -0.1) is 0 Å². The fourth-order valence-corrected chi connectivity index (χ4v) is 5.94. The number of aliphatic hydroxyl groups excluding tert-OH is 1. The van der Waals surface area contributed by atoms with Gasteiger partial charge in [0.25, 0.3) is 5.91 Å². The van der Waals surface area contributed by atoms with E-state index in [4.69, 9.17) is 4.74 Å². The van der Waals surface area contributed by atoms with Gasteiger partial charge in [0.2, 0.25) is 0 Å². The summed E-state index contributed by atoms with van der Waals surface area (Å²) in [7, 11) is 0. The first-order valence-electron chi connectivity index (χ1n) is 13.7. The molecule has 0 aromatic heterocycles. The van der Waals surface area contributed by atoms with Crippen LogP contribution in [0.25, 0.3) is 0 Å². The zero-order valence-corrected chi connectivity index (χ0v) is 22.1. The van der Waals surface area contributed by atoms with Gasteiger partial charge >= 0.3 is 6.09 Å². The van der Waals surface area contributed by atoms with Gasteiger partial charge in [-0.2, -0.15) is 0 Å². The Kier molecular flexibility index (Phi) is 8.27. The van der Waals surface area contributed by atoms with Crippen molar-refractivity contribution in [3.05, 3.63) is 101 Å². The number of rotatable bonds is 8. The normalized spacial score (nSPS) is 22.4. The third-order valence-corrected chi connectivity index (χ3v) is 7.82. The number of halogens is 1. The van der Waals surface area contributed by atoms with E-state index in [1.165, 1.54) is 11.0 Å². The predicted molar refractivity (Wildman–Crippen MR) is 148 cm³/mol. The molecule has 0 spiro atoms. The summed E-state index contributed by atoms with van der Waals surface area (Å²) in [4.78, 5) is 27.2. The number of hydrogen-bond acceptors (Lipinski definition) is 4. The third-order valence-electron chi connectivity index (χ3n) is 7.82. The molecule has 2 amide bonds. The lowest BCUT2D eigenvalue weighted by molar-refractivity contribution is -0.129. The Hall–Kier alpha value is -3.71. The van der Waals surface area contributed by atoms with Gasteiger partial charge in [0, 0.05) is 5.69 Å². The number of nitrogens with zero attached hydrogens (tertiary/aromatic N) is 1. The molecule has 204 valence electrons. The molecule has 1 aliphatic heterocycles. The molecular formula is C32H35FN2O4. The lowest BCUT2D eigenvalue weighted by Gasteiger charge is -2.29. The SMILES string of the molecule is C[C@H]1Cc2cc(F)ccc2CC(C[C@@H](O)[C@H](Cc2ccccc2)NC(=O)C2CN(c3ccccc3)C(=O)O2)C1. The molecule has 5 rings (SSSR count). The van der Waals surface area contributed by atoms with Crippen LogP contribution in [0.4, 0.5) is 14.9 Å². The standard InChI is InChI=1S/C32H35FN2O4/c1-21-14-23(16-24-12-13-26(33)19-25(24)15-21)18-29(36)28(17-22-8-4-2-5-9-22)34-31(37)30-20-35(32(38)39-30)27-10-6-3-7-11-27/h2-13,19,21,23,28-30,36H,14-18,20H2,1H3,(H,34,37)/t21-,23?,28+,29-,30?/m1/s1. The molecule has 3 aromatic carbocycles. The Labute approximate surface area is 228 Å². The number of amides is 2. The minimum Gasteiger partial charge on any atom is -0.434 e. The van der Waals surface area contributed by atoms with Gasteiger partial charge in [0.05, 0.1) is 18.7 Å². The molecule has 1 fully saturated rings. The maximum Gasteiger partial charge on any atom is 0.415 e. The van der Waals surface area contributed by atoms with E-state index in [1.54, 1.807) is 18.2 Å². The second kappa shape index (κ2) is 12.0. The van der Waals surface area contributed by atoms with Crippen molar-refractivity contribution in [1.29, 1.82) is 0 Å². The monoisotopic (exact) mass is 530 g/mol. The van der Waals surface area contributed by atoms with Crippen LogP contribution in [0.15, 0.2) is 78.9 Å². The van der Waals surface area contributed by atoms with E-state index in [2.05, 4.69) is 12.2 Å². The Morgan fingerprint density at radius 3 is 2.51 bits per heavy atom. The largest absolute Gasteiger partial charge is 0.434 e. The number of anilines is 1. The molecule has 7 heteroatoms. The Morgan fingerprint density at radius 1 is 1.05 bits per heavy atom. The average molecular weight is 531 g/mol. The highest BCUT2D eigenvalue weighted by molar-refractivity contribution is 5.95. The molecule has 0 saturated carbocycles. The Balaban J connectivity index is 1.29. The summed E-state index contributed by atoms with van der Waals surface area (Å²) in [5.74, 6) is -0.0932. The Bertz CT molecular complexity index is 1290. The van der Waals surface area contributed by atoms with Crippen LogP contribution < -0.4 is 10.2 Å². The summed E-state index contributed by atoms with van der Waals surface area (Å²) in [6.07, 6.45) is 1.08. The van der Waals surface area contributed by atoms with Crippen LogP contribution in [-0.2, 0) is 28.8 Å². The molecule has 1 aliphatic carbocycles. The number of benzene rings is 3. The van der Waals surface area contributed by atoms with E-state index < -0.39 is 30.3 Å². The highest BCUT2D eigenvalue weighted by Gasteiger charge is 2.38. The van der Waals surface area contributed by atoms with Crippen molar-refractivity contribution < 1.29 is 23.8 Å². The van der Waals surface area contributed by atoms with Gasteiger partial charge in [-0.1, -0.05) is 61.5 Å². The van der Waals surface area contributed by atoms with Gasteiger partial charge < -0.3 is 15.2 Å². The van der Waals surface area contributed by atoms with Crippen molar-refractivity contribution in [1.82, 2.24) is 5.32 Å².